The molecule has 64 heavy (non-hydrogen) atoms. The molecule has 0 radical (unpaired) electrons. The molecule has 1 aliphatic rings. The predicted octanol–water partition coefficient (Wildman–Crippen LogP) is 8.81. The number of hydrazine groups is 1. The van der Waals surface area contributed by atoms with Crippen LogP contribution in [0.4, 0.5) is 22.7 Å². The fraction of sp³-hybridized carbons (Fsp3) is 0.280. The number of hydrogen-bond donors (Lipinski definition) is 4. The Morgan fingerprint density at radius 1 is 0.734 bits per heavy atom. The van der Waals surface area contributed by atoms with Gasteiger partial charge in [-0.15, -0.1) is 5.10 Å². The number of nitrogens with two attached hydrogens (primary N) is 2. The summed E-state index contributed by atoms with van der Waals surface area (Å²) < 4.78 is 1.64. The molecule has 0 saturated carbocycles. The van der Waals surface area contributed by atoms with E-state index in [2.05, 4.69) is 50.3 Å². The van der Waals surface area contributed by atoms with Gasteiger partial charge in [-0.05, 0) is 134 Å². The third-order valence-electron chi connectivity index (χ3n) is 12.0. The van der Waals surface area contributed by atoms with E-state index in [4.69, 9.17) is 11.7 Å². The standard InChI is InChI=1S/C26H32N6O.C24H26N6O/c1-17-9-7-11-20-23(14-13-21(24(17)20)26(33)32-15-5-4-6-16-32)29-22-12-8-10-19(18(22)2)25(30-27)31(3)28;1-15(2)29(4)24(31)20-12-13-21(19-11-6-8-16(3)22(19)20)25-18-10-7-9-17(14-18)23-26-27-28-30(23)5/h7-14,29H,4-6,15-16,27-28H2,1-3H3;6-15,25H,1-5H3/b30-25-;. The van der Waals surface area contributed by atoms with Crippen molar-refractivity contribution >= 4 is 61.9 Å². The summed E-state index contributed by atoms with van der Waals surface area (Å²) in [5.41, 5.74) is 10.1. The molecule has 6 N–H and O–H groups in total. The Morgan fingerprint density at radius 2 is 1.34 bits per heavy atom. The molecule has 0 bridgehead atoms. The van der Waals surface area contributed by atoms with Crippen LogP contribution in [0.25, 0.3) is 32.9 Å². The molecule has 14 nitrogen and oxygen atoms in total. The molecule has 0 spiro atoms. The predicted molar refractivity (Wildman–Crippen MR) is 259 cm³/mol. The summed E-state index contributed by atoms with van der Waals surface area (Å²) in [5, 5.41) is 28.1. The summed E-state index contributed by atoms with van der Waals surface area (Å²) in [6, 6.07) is 34.1. The van der Waals surface area contributed by atoms with Crippen LogP contribution in [0.1, 0.15) is 76.1 Å². The number of aromatic nitrogens is 4. The second-order valence-corrected chi connectivity index (χ2v) is 16.7. The Labute approximate surface area is 374 Å². The number of likely N-dealkylation sites (tertiary alicyclic amines) is 1. The zero-order valence-electron chi connectivity index (χ0n) is 38.0. The lowest BCUT2D eigenvalue weighted by molar-refractivity contribution is 0.0724. The fourth-order valence-electron chi connectivity index (χ4n) is 8.32. The van der Waals surface area contributed by atoms with Crippen molar-refractivity contribution in [1.82, 2.24) is 35.0 Å². The minimum Gasteiger partial charge on any atom is -0.355 e. The van der Waals surface area contributed by atoms with E-state index in [-0.39, 0.29) is 17.9 Å². The van der Waals surface area contributed by atoms with Gasteiger partial charge in [0.1, 0.15) is 0 Å². The molecule has 330 valence electrons. The molecule has 1 aromatic heterocycles. The number of carbonyl (C=O) groups is 2. The quantitative estimate of drug-likeness (QED) is 0.0475. The van der Waals surface area contributed by atoms with E-state index in [0.717, 1.165) is 104 Å². The van der Waals surface area contributed by atoms with Crippen LogP contribution >= 0.6 is 0 Å². The van der Waals surface area contributed by atoms with E-state index < -0.39 is 0 Å². The number of fused-ring (bicyclic) bond motifs is 2. The molecule has 0 atom stereocenters. The molecule has 1 saturated heterocycles. The molecule has 0 unspecified atom stereocenters. The Hall–Kier alpha value is -7.32. The normalized spacial score (nSPS) is 12.8. The number of aryl methyl sites for hydroxylation is 3. The molecule has 2 amide bonds. The summed E-state index contributed by atoms with van der Waals surface area (Å²) in [7, 11) is 5.37. The number of nitrogens with zero attached hydrogens (tertiary/aromatic N) is 8. The van der Waals surface area contributed by atoms with Crippen molar-refractivity contribution in [3.63, 3.8) is 0 Å². The van der Waals surface area contributed by atoms with E-state index in [9.17, 15) is 9.59 Å². The van der Waals surface area contributed by atoms with Crippen molar-refractivity contribution in [2.24, 2.45) is 23.8 Å². The number of hydrazone groups is 1. The molecule has 1 fully saturated rings. The first-order valence-electron chi connectivity index (χ1n) is 21.6. The number of anilines is 4. The van der Waals surface area contributed by atoms with E-state index in [1.54, 1.807) is 16.6 Å². The number of benzene rings is 6. The minimum atomic E-state index is 0.0256. The average Bonchev–Trinajstić information content (AvgIpc) is 3.73. The molecule has 7 aromatic rings. The van der Waals surface area contributed by atoms with E-state index in [0.29, 0.717) is 17.2 Å². The average molecular weight is 859 g/mol. The first-order valence-corrected chi connectivity index (χ1v) is 21.6. The van der Waals surface area contributed by atoms with Crippen LogP contribution in [0, 0.1) is 20.8 Å². The van der Waals surface area contributed by atoms with Crippen LogP contribution in [0.5, 0.6) is 0 Å². The highest BCUT2D eigenvalue weighted by atomic mass is 16.2. The van der Waals surface area contributed by atoms with Gasteiger partial charge in [0, 0.05) is 96.1 Å². The van der Waals surface area contributed by atoms with Gasteiger partial charge in [-0.1, -0.05) is 60.7 Å². The van der Waals surface area contributed by atoms with Crippen molar-refractivity contribution in [3.8, 4) is 11.4 Å². The van der Waals surface area contributed by atoms with Crippen molar-refractivity contribution < 1.29 is 9.59 Å². The number of amides is 2. The van der Waals surface area contributed by atoms with E-state index >= 15 is 0 Å². The third-order valence-corrected chi connectivity index (χ3v) is 12.0. The molecular weight excluding hydrogens is 801 g/mol. The maximum Gasteiger partial charge on any atom is 0.254 e. The molecule has 0 aliphatic carbocycles. The number of carbonyl (C=O) groups excluding carboxylic acids is 2. The van der Waals surface area contributed by atoms with Crippen molar-refractivity contribution in [2.75, 3.05) is 37.8 Å². The van der Waals surface area contributed by atoms with Crippen LogP contribution in [0.2, 0.25) is 0 Å². The van der Waals surface area contributed by atoms with Gasteiger partial charge in [0.15, 0.2) is 11.7 Å². The summed E-state index contributed by atoms with van der Waals surface area (Å²) in [6.07, 6.45) is 3.34. The lowest BCUT2D eigenvalue weighted by Gasteiger charge is -2.27. The molecular formula is C50H58N12O2. The maximum atomic E-state index is 13.4. The Balaban J connectivity index is 0.000000192. The first kappa shape index (κ1) is 44.7. The SMILES string of the molecule is Cc1c(Nc2ccc(C(=O)N3CCCCC3)c3c(C)cccc23)cccc1/C(=N/N)N(C)N.Cc1cccc2c(Nc3cccc(-c4nnnn4C)c3)ccc(C(=O)N(C)C(C)C)c12. The number of piperidine rings is 1. The minimum absolute atomic E-state index is 0.0256. The van der Waals surface area contributed by atoms with Crippen LogP contribution in [0.3, 0.4) is 0 Å². The zero-order valence-corrected chi connectivity index (χ0v) is 38.0. The Morgan fingerprint density at radius 3 is 1.95 bits per heavy atom. The van der Waals surface area contributed by atoms with Crippen LogP contribution in [-0.2, 0) is 7.05 Å². The van der Waals surface area contributed by atoms with Gasteiger partial charge in [-0.2, -0.15) is 5.10 Å². The van der Waals surface area contributed by atoms with Gasteiger partial charge in [0.25, 0.3) is 11.8 Å². The molecule has 14 heteroatoms. The number of tetrazole rings is 1. The lowest BCUT2D eigenvalue weighted by Crippen LogP contribution is -2.35. The van der Waals surface area contributed by atoms with Gasteiger partial charge in [0.05, 0.1) is 0 Å². The van der Waals surface area contributed by atoms with Gasteiger partial charge >= 0.3 is 0 Å². The number of hydrogen-bond acceptors (Lipinski definition) is 10. The monoisotopic (exact) mass is 858 g/mol. The second kappa shape index (κ2) is 19.4. The Bertz CT molecular complexity index is 2860. The van der Waals surface area contributed by atoms with E-state index in [1.165, 1.54) is 11.4 Å². The molecule has 8 rings (SSSR count). The first-order chi connectivity index (χ1) is 30.8. The highest BCUT2D eigenvalue weighted by Gasteiger charge is 2.23. The number of rotatable bonds is 9. The van der Waals surface area contributed by atoms with Crippen molar-refractivity contribution in [3.05, 3.63) is 137 Å². The maximum absolute atomic E-state index is 13.4. The number of amidine groups is 1. The molecule has 1 aliphatic heterocycles. The smallest absolute Gasteiger partial charge is 0.254 e. The summed E-state index contributed by atoms with van der Waals surface area (Å²) in [6.45, 7) is 11.8. The molecule has 6 aromatic carbocycles. The fourth-order valence-corrected chi connectivity index (χ4v) is 8.32. The summed E-state index contributed by atoms with van der Waals surface area (Å²) >= 11 is 0. The topological polar surface area (TPSA) is 176 Å². The van der Waals surface area contributed by atoms with Crippen LogP contribution in [-0.4, -0.2) is 85.9 Å². The summed E-state index contributed by atoms with van der Waals surface area (Å²) in [4.78, 5) is 30.2. The second-order valence-electron chi connectivity index (χ2n) is 16.7. The zero-order chi connectivity index (χ0) is 45.7. The van der Waals surface area contributed by atoms with Gasteiger partial charge < -0.3 is 26.3 Å². The van der Waals surface area contributed by atoms with Gasteiger partial charge in [-0.3, -0.25) is 14.6 Å². The van der Waals surface area contributed by atoms with Crippen molar-refractivity contribution in [2.45, 2.75) is 59.9 Å². The highest BCUT2D eigenvalue weighted by Crippen LogP contribution is 2.35. The van der Waals surface area contributed by atoms with Crippen molar-refractivity contribution in [1.29, 1.82) is 0 Å². The van der Waals surface area contributed by atoms with E-state index in [1.807, 2.05) is 138 Å². The number of nitrogens with one attached hydrogen (secondary N) is 2. The summed E-state index contributed by atoms with van der Waals surface area (Å²) in [5.74, 6) is 12.8. The molecule has 2 heterocycles. The third kappa shape index (κ3) is 9.23. The Kier molecular flexibility index (Phi) is 13.5. The van der Waals surface area contributed by atoms with Gasteiger partial charge in [-0.25, -0.2) is 10.5 Å². The van der Waals surface area contributed by atoms with Crippen LogP contribution < -0.4 is 22.3 Å². The lowest BCUT2D eigenvalue weighted by atomic mass is 9.96. The largest absolute Gasteiger partial charge is 0.355 e. The van der Waals surface area contributed by atoms with Crippen LogP contribution in [0.15, 0.2) is 108 Å². The van der Waals surface area contributed by atoms with Gasteiger partial charge in [0.2, 0.25) is 0 Å². The highest BCUT2D eigenvalue weighted by molar-refractivity contribution is 6.13.